The molecule has 0 saturated heterocycles. The molecule has 0 unspecified atom stereocenters. The fourth-order valence-corrected chi connectivity index (χ4v) is 3.00. The molecule has 1 aliphatic rings. The van der Waals surface area contributed by atoms with Crippen LogP contribution in [0.1, 0.15) is 43.0 Å². The minimum absolute atomic E-state index is 0.188. The first kappa shape index (κ1) is 19.4. The molecule has 9 nitrogen and oxygen atoms in total. The van der Waals surface area contributed by atoms with Crippen molar-refractivity contribution in [1.29, 1.82) is 0 Å². The van der Waals surface area contributed by atoms with E-state index >= 15 is 0 Å². The van der Waals surface area contributed by atoms with E-state index in [1.165, 1.54) is 4.90 Å². The van der Waals surface area contributed by atoms with Gasteiger partial charge in [0.25, 0.3) is 5.91 Å². The maximum absolute atomic E-state index is 12.9. The molecular weight excluding hydrogens is 358 g/mol. The Kier molecular flexibility index (Phi) is 5.34. The third-order valence-corrected chi connectivity index (χ3v) is 4.63. The number of hydrogen-bond donors (Lipinski definition) is 1. The monoisotopic (exact) mass is 383 g/mol. The van der Waals surface area contributed by atoms with E-state index in [-0.39, 0.29) is 12.5 Å². The molecule has 0 aromatic carbocycles. The van der Waals surface area contributed by atoms with Crippen LogP contribution in [0.2, 0.25) is 0 Å². The highest BCUT2D eigenvalue weighted by Gasteiger charge is 2.33. The van der Waals surface area contributed by atoms with Crippen molar-refractivity contribution in [3.05, 3.63) is 48.6 Å². The summed E-state index contributed by atoms with van der Waals surface area (Å²) in [6.45, 7) is 15.2. The second-order valence-electron chi connectivity index (χ2n) is 6.39. The van der Waals surface area contributed by atoms with Gasteiger partial charge in [0.2, 0.25) is 17.7 Å². The van der Waals surface area contributed by atoms with Crippen molar-refractivity contribution in [3.63, 3.8) is 0 Å². The Bertz CT molecular complexity index is 950. The topological polar surface area (TPSA) is 92.3 Å². The standard InChI is InChI=1S/C19H25N7O2/c1-7-10-12(4)17-23-22-14(28-17)11-26-15-16(20-13(5)24(6)18(15)27)21-19(26)25(8-2)9-3/h7,10,20H,1,5,8-9,11H2,2-4,6H3/b12-10+. The predicted molar refractivity (Wildman–Crippen MR) is 108 cm³/mol. The molecular formula is C19H25N7O2. The SMILES string of the molecule is C=C/C=C(\C)c1nnc(Cn2c(N(CC)CC)nc3c2C(=O)N(C)C(=C)N3)o1. The van der Waals surface area contributed by atoms with Crippen LogP contribution >= 0.6 is 0 Å². The Morgan fingerprint density at radius 2 is 2.04 bits per heavy atom. The van der Waals surface area contributed by atoms with Crippen molar-refractivity contribution < 1.29 is 9.21 Å². The van der Waals surface area contributed by atoms with Gasteiger partial charge < -0.3 is 14.6 Å². The highest BCUT2D eigenvalue weighted by Crippen LogP contribution is 2.31. The molecule has 2 aromatic heterocycles. The van der Waals surface area contributed by atoms with Gasteiger partial charge in [0.05, 0.1) is 0 Å². The number of anilines is 2. The van der Waals surface area contributed by atoms with Crippen LogP contribution in [-0.2, 0) is 6.54 Å². The summed E-state index contributed by atoms with van der Waals surface area (Å²) in [4.78, 5) is 21.1. The first-order valence-electron chi connectivity index (χ1n) is 9.12. The third-order valence-electron chi connectivity index (χ3n) is 4.63. The van der Waals surface area contributed by atoms with E-state index in [2.05, 4.69) is 38.6 Å². The van der Waals surface area contributed by atoms with Crippen LogP contribution in [0.15, 0.2) is 35.5 Å². The van der Waals surface area contributed by atoms with Crippen molar-refractivity contribution in [2.24, 2.45) is 0 Å². The van der Waals surface area contributed by atoms with E-state index in [1.807, 2.05) is 25.3 Å². The Hall–Kier alpha value is -3.36. The minimum Gasteiger partial charge on any atom is -0.419 e. The molecule has 0 aliphatic carbocycles. The molecule has 0 atom stereocenters. The molecule has 3 heterocycles. The Labute approximate surface area is 164 Å². The van der Waals surface area contributed by atoms with Gasteiger partial charge in [0.1, 0.15) is 12.4 Å². The fraction of sp³-hybridized carbons (Fsp3) is 0.368. The van der Waals surface area contributed by atoms with E-state index in [0.717, 1.165) is 18.7 Å². The Morgan fingerprint density at radius 1 is 1.32 bits per heavy atom. The quantitative estimate of drug-likeness (QED) is 0.735. The van der Waals surface area contributed by atoms with Gasteiger partial charge in [-0.15, -0.1) is 10.2 Å². The summed E-state index contributed by atoms with van der Waals surface area (Å²) in [6, 6.07) is 0. The number of carbonyl (C=O) groups is 1. The van der Waals surface area contributed by atoms with Crippen molar-refractivity contribution in [1.82, 2.24) is 24.6 Å². The number of allylic oxidation sites excluding steroid dienone is 3. The number of carbonyl (C=O) groups excluding carboxylic acids is 1. The molecule has 0 radical (unpaired) electrons. The van der Waals surface area contributed by atoms with Gasteiger partial charge in [-0.25, -0.2) is 0 Å². The van der Waals surface area contributed by atoms with Crippen molar-refractivity contribution >= 4 is 23.2 Å². The maximum Gasteiger partial charge on any atom is 0.279 e. The van der Waals surface area contributed by atoms with Crippen LogP contribution in [0, 0.1) is 0 Å². The van der Waals surface area contributed by atoms with Crippen molar-refractivity contribution in [2.45, 2.75) is 27.3 Å². The van der Waals surface area contributed by atoms with Gasteiger partial charge in [-0.3, -0.25) is 14.3 Å². The summed E-state index contributed by atoms with van der Waals surface area (Å²) in [5.74, 6) is 2.25. The molecule has 3 rings (SSSR count). The number of rotatable bonds is 7. The number of aromatic nitrogens is 4. The van der Waals surface area contributed by atoms with E-state index in [9.17, 15) is 4.79 Å². The molecule has 0 fully saturated rings. The van der Waals surface area contributed by atoms with Gasteiger partial charge in [-0.05, 0) is 20.8 Å². The van der Waals surface area contributed by atoms with Crippen molar-refractivity contribution in [2.75, 3.05) is 30.4 Å². The number of nitrogens with one attached hydrogen (secondary N) is 1. The highest BCUT2D eigenvalue weighted by atomic mass is 16.4. The maximum atomic E-state index is 12.9. The minimum atomic E-state index is -0.188. The zero-order valence-corrected chi connectivity index (χ0v) is 16.7. The van der Waals surface area contributed by atoms with Crippen LogP contribution in [0.5, 0.6) is 0 Å². The Morgan fingerprint density at radius 3 is 2.68 bits per heavy atom. The molecule has 28 heavy (non-hydrogen) atoms. The highest BCUT2D eigenvalue weighted by molar-refractivity contribution is 6.01. The second kappa shape index (κ2) is 7.71. The lowest BCUT2D eigenvalue weighted by molar-refractivity contribution is 0.0822. The van der Waals surface area contributed by atoms with E-state index < -0.39 is 0 Å². The molecule has 0 spiro atoms. The summed E-state index contributed by atoms with van der Waals surface area (Å²) in [7, 11) is 1.67. The van der Waals surface area contributed by atoms with E-state index in [1.54, 1.807) is 19.2 Å². The zero-order valence-electron chi connectivity index (χ0n) is 16.7. The van der Waals surface area contributed by atoms with Crippen LogP contribution in [-0.4, -0.2) is 50.7 Å². The molecule has 9 heteroatoms. The van der Waals surface area contributed by atoms with Gasteiger partial charge in [0.15, 0.2) is 11.5 Å². The van der Waals surface area contributed by atoms with Gasteiger partial charge in [-0.2, -0.15) is 4.98 Å². The van der Waals surface area contributed by atoms with Crippen LogP contribution in [0.3, 0.4) is 0 Å². The van der Waals surface area contributed by atoms with Crippen LogP contribution < -0.4 is 10.2 Å². The van der Waals surface area contributed by atoms with Gasteiger partial charge >= 0.3 is 0 Å². The predicted octanol–water partition coefficient (Wildman–Crippen LogP) is 2.72. The molecule has 1 N–H and O–H groups in total. The first-order chi connectivity index (χ1) is 13.4. The first-order valence-corrected chi connectivity index (χ1v) is 9.12. The number of fused-ring (bicyclic) bond motifs is 1. The number of amides is 1. The van der Waals surface area contributed by atoms with Gasteiger partial charge in [0, 0.05) is 25.7 Å². The van der Waals surface area contributed by atoms with Gasteiger partial charge in [-0.1, -0.05) is 25.3 Å². The van der Waals surface area contributed by atoms with Crippen LogP contribution in [0.25, 0.3) is 5.57 Å². The summed E-state index contributed by atoms with van der Waals surface area (Å²) in [5.41, 5.74) is 1.26. The number of nitrogens with zero attached hydrogens (tertiary/aromatic N) is 6. The average Bonchev–Trinajstić information content (AvgIpc) is 3.27. The van der Waals surface area contributed by atoms with Crippen molar-refractivity contribution in [3.8, 4) is 0 Å². The molecule has 2 aromatic rings. The largest absolute Gasteiger partial charge is 0.419 e. The molecule has 1 amide bonds. The smallest absolute Gasteiger partial charge is 0.279 e. The lowest BCUT2D eigenvalue weighted by Gasteiger charge is -2.26. The summed E-state index contributed by atoms with van der Waals surface area (Å²) in [6.07, 6.45) is 3.46. The lowest BCUT2D eigenvalue weighted by Crippen LogP contribution is -2.36. The van der Waals surface area contributed by atoms with E-state index in [0.29, 0.717) is 35.1 Å². The number of imidazole rings is 1. The Balaban J connectivity index is 2.06. The van der Waals surface area contributed by atoms with E-state index in [4.69, 9.17) is 4.42 Å². The van der Waals surface area contributed by atoms with Crippen LogP contribution in [0.4, 0.5) is 11.8 Å². The summed E-state index contributed by atoms with van der Waals surface area (Å²) < 4.78 is 7.59. The lowest BCUT2D eigenvalue weighted by atomic mass is 10.3. The normalized spacial score (nSPS) is 14.1. The number of hydrogen-bond acceptors (Lipinski definition) is 7. The molecule has 1 aliphatic heterocycles. The molecule has 148 valence electrons. The summed E-state index contributed by atoms with van der Waals surface area (Å²) in [5, 5.41) is 11.3. The average molecular weight is 383 g/mol. The molecule has 0 bridgehead atoms. The zero-order chi connectivity index (χ0) is 20.4. The fourth-order valence-electron chi connectivity index (χ4n) is 3.00. The second-order valence-corrected chi connectivity index (χ2v) is 6.39. The third kappa shape index (κ3) is 3.30. The summed E-state index contributed by atoms with van der Waals surface area (Å²) >= 11 is 0. The molecule has 0 saturated carbocycles.